The zero-order valence-corrected chi connectivity index (χ0v) is 22.4. The van der Waals surface area contributed by atoms with Crippen molar-refractivity contribution >= 4 is 34.9 Å². The van der Waals surface area contributed by atoms with E-state index >= 15 is 0 Å². The molecule has 8 heteroatoms. The molecule has 0 saturated carbocycles. The molecule has 0 bridgehead atoms. The number of nitrogens with zero attached hydrogens (tertiary/aromatic N) is 5. The largest absolute Gasteiger partial charge is 0.354 e. The highest BCUT2D eigenvalue weighted by Gasteiger charge is 2.28. The van der Waals surface area contributed by atoms with Crippen LogP contribution in [-0.4, -0.2) is 65.3 Å². The Kier molecular flexibility index (Phi) is 8.05. The zero-order chi connectivity index (χ0) is 25.1. The van der Waals surface area contributed by atoms with E-state index in [-0.39, 0.29) is 5.91 Å². The summed E-state index contributed by atoms with van der Waals surface area (Å²) in [6, 6.07) is 15.2. The lowest BCUT2D eigenvalue weighted by molar-refractivity contribution is 0.0723. The number of para-hydroxylation sites is 1. The second-order valence-corrected chi connectivity index (χ2v) is 10.5. The van der Waals surface area contributed by atoms with Gasteiger partial charge in [-0.25, -0.2) is 4.68 Å². The maximum absolute atomic E-state index is 13.7. The van der Waals surface area contributed by atoms with E-state index in [0.29, 0.717) is 34.6 Å². The lowest BCUT2D eigenvalue weighted by Gasteiger charge is -2.35. The van der Waals surface area contributed by atoms with E-state index in [4.69, 9.17) is 28.3 Å². The zero-order valence-electron chi connectivity index (χ0n) is 20.8. The highest BCUT2D eigenvalue weighted by atomic mass is 35.5. The summed E-state index contributed by atoms with van der Waals surface area (Å²) in [5.41, 5.74) is 3.47. The molecule has 0 N–H and O–H groups in total. The molecule has 1 amide bonds. The molecule has 4 rings (SSSR count). The van der Waals surface area contributed by atoms with Gasteiger partial charge < -0.3 is 14.7 Å². The number of carbonyl (C=O) groups excluding carboxylic acids is 1. The van der Waals surface area contributed by atoms with Gasteiger partial charge in [-0.05, 0) is 50.2 Å². The van der Waals surface area contributed by atoms with Crippen LogP contribution >= 0.6 is 23.2 Å². The van der Waals surface area contributed by atoms with Gasteiger partial charge in [-0.15, -0.1) is 0 Å². The fourth-order valence-corrected chi connectivity index (χ4v) is 5.00. The molecular formula is C27H33Cl2N5O. The fourth-order valence-electron chi connectivity index (χ4n) is 4.51. The van der Waals surface area contributed by atoms with E-state index in [1.165, 1.54) is 0 Å². The van der Waals surface area contributed by atoms with Gasteiger partial charge in [0.1, 0.15) is 5.82 Å². The van der Waals surface area contributed by atoms with Gasteiger partial charge in [0.2, 0.25) is 0 Å². The quantitative estimate of drug-likeness (QED) is 0.416. The van der Waals surface area contributed by atoms with Crippen molar-refractivity contribution in [3.8, 4) is 5.69 Å². The maximum atomic E-state index is 13.7. The lowest BCUT2D eigenvalue weighted by atomic mass is 10.1. The molecule has 0 aliphatic carbocycles. The van der Waals surface area contributed by atoms with Crippen molar-refractivity contribution in [1.29, 1.82) is 0 Å². The third kappa shape index (κ3) is 5.83. The summed E-state index contributed by atoms with van der Waals surface area (Å²) < 4.78 is 2.03. The topological polar surface area (TPSA) is 44.6 Å². The van der Waals surface area contributed by atoms with Gasteiger partial charge in [0.15, 0.2) is 0 Å². The van der Waals surface area contributed by atoms with Crippen LogP contribution in [0, 0.1) is 12.8 Å². The molecule has 2 heterocycles. The van der Waals surface area contributed by atoms with Crippen molar-refractivity contribution in [2.75, 3.05) is 44.7 Å². The number of amides is 1. The van der Waals surface area contributed by atoms with E-state index in [1.807, 2.05) is 34.7 Å². The van der Waals surface area contributed by atoms with Crippen LogP contribution in [0.15, 0.2) is 48.5 Å². The van der Waals surface area contributed by atoms with E-state index in [9.17, 15) is 4.79 Å². The molecule has 1 aromatic heterocycles. The Morgan fingerprint density at radius 1 is 1.06 bits per heavy atom. The molecule has 0 atom stereocenters. The number of piperazine rings is 1. The predicted molar refractivity (Wildman–Crippen MR) is 144 cm³/mol. The number of hydrogen-bond donors (Lipinski definition) is 0. The molecule has 186 valence electrons. The Balaban J connectivity index is 1.76. The summed E-state index contributed by atoms with van der Waals surface area (Å²) in [6.07, 6.45) is 0. The minimum absolute atomic E-state index is 0.100. The van der Waals surface area contributed by atoms with Crippen molar-refractivity contribution in [1.82, 2.24) is 19.6 Å². The molecule has 1 saturated heterocycles. The van der Waals surface area contributed by atoms with Crippen LogP contribution in [-0.2, 0) is 6.54 Å². The Labute approximate surface area is 218 Å². The first kappa shape index (κ1) is 25.5. The average molecular weight is 515 g/mol. The van der Waals surface area contributed by atoms with Gasteiger partial charge in [0.25, 0.3) is 5.91 Å². The second-order valence-electron chi connectivity index (χ2n) is 9.63. The van der Waals surface area contributed by atoms with E-state index < -0.39 is 0 Å². The number of aromatic nitrogens is 2. The van der Waals surface area contributed by atoms with Crippen LogP contribution in [0.5, 0.6) is 0 Å². The van der Waals surface area contributed by atoms with Crippen LogP contribution < -0.4 is 4.90 Å². The number of halogens is 2. The van der Waals surface area contributed by atoms with Gasteiger partial charge in [-0.1, -0.05) is 55.2 Å². The number of hydrogen-bond acceptors (Lipinski definition) is 4. The van der Waals surface area contributed by atoms with Crippen LogP contribution in [0.3, 0.4) is 0 Å². The van der Waals surface area contributed by atoms with E-state index in [0.717, 1.165) is 48.9 Å². The molecule has 35 heavy (non-hydrogen) atoms. The fraction of sp³-hybridized carbons (Fsp3) is 0.407. The SMILES string of the molecule is Cc1nn(-c2ccccc2)c(N2CCN(C)CC2)c1CN(CC(C)C)C(=O)c1ccc(Cl)cc1Cl. The molecule has 6 nitrogen and oxygen atoms in total. The number of likely N-dealkylation sites (N-methyl/N-ethyl adjacent to an activating group) is 1. The summed E-state index contributed by atoms with van der Waals surface area (Å²) in [5.74, 6) is 1.25. The molecule has 1 aliphatic rings. The maximum Gasteiger partial charge on any atom is 0.255 e. The summed E-state index contributed by atoms with van der Waals surface area (Å²) in [4.78, 5) is 20.3. The van der Waals surface area contributed by atoms with Crippen molar-refractivity contribution < 1.29 is 4.79 Å². The Morgan fingerprint density at radius 2 is 1.74 bits per heavy atom. The number of rotatable bonds is 7. The van der Waals surface area contributed by atoms with E-state index in [2.05, 4.69) is 42.8 Å². The Hall–Kier alpha value is -2.54. The molecule has 0 spiro atoms. The summed E-state index contributed by atoms with van der Waals surface area (Å²) in [7, 11) is 2.15. The standard InChI is InChI=1S/C27H33Cl2N5O/c1-19(2)17-33(27(35)23-11-10-21(28)16-25(23)29)18-24-20(3)30-34(22-8-6-5-7-9-22)26(24)32-14-12-31(4)13-15-32/h5-11,16,19H,12-15,17-18H2,1-4H3. The van der Waals surface area contributed by atoms with Crippen LogP contribution in [0.4, 0.5) is 5.82 Å². The molecule has 3 aromatic rings. The van der Waals surface area contributed by atoms with Crippen LogP contribution in [0.2, 0.25) is 10.0 Å². The van der Waals surface area contributed by atoms with Gasteiger partial charge >= 0.3 is 0 Å². The van der Waals surface area contributed by atoms with E-state index in [1.54, 1.807) is 18.2 Å². The second kappa shape index (κ2) is 11.0. The van der Waals surface area contributed by atoms with Crippen LogP contribution in [0.25, 0.3) is 5.69 Å². The Morgan fingerprint density at radius 3 is 2.37 bits per heavy atom. The normalized spacial score (nSPS) is 14.5. The number of aryl methyl sites for hydroxylation is 1. The van der Waals surface area contributed by atoms with Crippen molar-refractivity contribution in [2.24, 2.45) is 5.92 Å². The minimum atomic E-state index is -0.100. The summed E-state index contributed by atoms with van der Waals surface area (Å²) >= 11 is 12.5. The molecular weight excluding hydrogens is 481 g/mol. The smallest absolute Gasteiger partial charge is 0.255 e. The third-order valence-electron chi connectivity index (χ3n) is 6.34. The molecule has 1 aliphatic heterocycles. The molecule has 1 fully saturated rings. The first-order valence-electron chi connectivity index (χ1n) is 12.1. The molecule has 0 radical (unpaired) electrons. The van der Waals surface area contributed by atoms with Crippen molar-refractivity contribution in [2.45, 2.75) is 27.3 Å². The van der Waals surface area contributed by atoms with Gasteiger partial charge in [-0.3, -0.25) is 4.79 Å². The van der Waals surface area contributed by atoms with Gasteiger partial charge in [-0.2, -0.15) is 5.10 Å². The average Bonchev–Trinajstić information content (AvgIpc) is 3.15. The number of benzene rings is 2. The number of carbonyl (C=O) groups is 1. The van der Waals surface area contributed by atoms with Gasteiger partial charge in [0.05, 0.1) is 28.5 Å². The molecule has 0 unspecified atom stereocenters. The first-order valence-corrected chi connectivity index (χ1v) is 12.8. The van der Waals surface area contributed by atoms with Gasteiger partial charge in [0, 0.05) is 43.3 Å². The third-order valence-corrected chi connectivity index (χ3v) is 6.89. The predicted octanol–water partition coefficient (Wildman–Crippen LogP) is 5.54. The van der Waals surface area contributed by atoms with Crippen LogP contribution in [0.1, 0.15) is 35.5 Å². The minimum Gasteiger partial charge on any atom is -0.354 e. The first-order chi connectivity index (χ1) is 16.7. The lowest BCUT2D eigenvalue weighted by Crippen LogP contribution is -2.45. The molecule has 2 aromatic carbocycles. The Bertz CT molecular complexity index is 1170. The van der Waals surface area contributed by atoms with Crippen molar-refractivity contribution in [3.63, 3.8) is 0 Å². The highest BCUT2D eigenvalue weighted by Crippen LogP contribution is 2.31. The van der Waals surface area contributed by atoms with Crippen molar-refractivity contribution in [3.05, 3.63) is 75.4 Å². The summed E-state index contributed by atoms with van der Waals surface area (Å²) in [6.45, 7) is 11.1. The monoisotopic (exact) mass is 513 g/mol. The highest BCUT2D eigenvalue weighted by molar-refractivity contribution is 6.36. The summed E-state index contributed by atoms with van der Waals surface area (Å²) in [5, 5.41) is 5.83. The number of anilines is 1.